The average Bonchev–Trinajstić information content (AvgIpc) is 3.12. The van der Waals surface area contributed by atoms with Crippen LogP contribution < -0.4 is 5.32 Å². The molecule has 2 aromatic carbocycles. The zero-order chi connectivity index (χ0) is 21.2. The van der Waals surface area contributed by atoms with E-state index in [0.717, 1.165) is 11.3 Å². The lowest BCUT2D eigenvalue weighted by molar-refractivity contribution is 0.0921. The smallest absolute Gasteiger partial charge is 0.287 e. The number of nitrogens with one attached hydrogen (secondary N) is 1. The van der Waals surface area contributed by atoms with Crippen LogP contribution in [0.2, 0.25) is 0 Å². The maximum atomic E-state index is 12.5. The first-order chi connectivity index (χ1) is 13.6. The van der Waals surface area contributed by atoms with Crippen LogP contribution in [0.4, 0.5) is 0 Å². The standard InChI is InChI=1S/C26H31NO2/c1-17-7-9-20(13-19(17)3)16-27-25(28)24-12-11-23(29-24)15-21-14-22(26(4,5)6)10-8-18(21)2/h7-14H,15-16H2,1-6H3,(H,27,28). The van der Waals surface area contributed by atoms with Crippen molar-refractivity contribution < 1.29 is 9.21 Å². The molecule has 0 unspecified atom stereocenters. The zero-order valence-corrected chi connectivity index (χ0v) is 18.3. The van der Waals surface area contributed by atoms with Crippen molar-refractivity contribution in [2.24, 2.45) is 0 Å². The second kappa shape index (κ2) is 8.28. The van der Waals surface area contributed by atoms with Gasteiger partial charge in [0.05, 0.1) is 0 Å². The molecule has 0 atom stereocenters. The van der Waals surface area contributed by atoms with E-state index in [-0.39, 0.29) is 11.3 Å². The van der Waals surface area contributed by atoms with Gasteiger partial charge in [-0.05, 0) is 71.7 Å². The van der Waals surface area contributed by atoms with E-state index in [1.54, 1.807) is 6.07 Å². The van der Waals surface area contributed by atoms with Gasteiger partial charge in [-0.3, -0.25) is 4.79 Å². The van der Waals surface area contributed by atoms with Gasteiger partial charge in [-0.25, -0.2) is 0 Å². The van der Waals surface area contributed by atoms with Crippen molar-refractivity contribution in [3.63, 3.8) is 0 Å². The highest BCUT2D eigenvalue weighted by Crippen LogP contribution is 2.26. The molecular formula is C26H31NO2. The van der Waals surface area contributed by atoms with E-state index in [0.29, 0.717) is 18.7 Å². The topological polar surface area (TPSA) is 42.2 Å². The van der Waals surface area contributed by atoms with Crippen LogP contribution >= 0.6 is 0 Å². The first-order valence-corrected chi connectivity index (χ1v) is 10.2. The number of hydrogen-bond acceptors (Lipinski definition) is 2. The first kappa shape index (κ1) is 20.9. The minimum absolute atomic E-state index is 0.102. The van der Waals surface area contributed by atoms with Gasteiger partial charge in [0.25, 0.3) is 5.91 Å². The number of rotatable bonds is 5. The molecule has 0 aliphatic carbocycles. The summed E-state index contributed by atoms with van der Waals surface area (Å²) in [7, 11) is 0. The van der Waals surface area contributed by atoms with Crippen molar-refractivity contribution in [1.82, 2.24) is 5.32 Å². The van der Waals surface area contributed by atoms with Gasteiger partial charge in [0.15, 0.2) is 5.76 Å². The minimum Gasteiger partial charge on any atom is -0.456 e. The summed E-state index contributed by atoms with van der Waals surface area (Å²) >= 11 is 0. The molecule has 1 N–H and O–H groups in total. The fourth-order valence-corrected chi connectivity index (χ4v) is 3.29. The summed E-state index contributed by atoms with van der Waals surface area (Å²) < 4.78 is 5.85. The summed E-state index contributed by atoms with van der Waals surface area (Å²) in [6.07, 6.45) is 0.681. The zero-order valence-electron chi connectivity index (χ0n) is 18.3. The Balaban J connectivity index is 1.67. The summed E-state index contributed by atoms with van der Waals surface area (Å²) in [5.41, 5.74) is 7.43. The number of amides is 1. The van der Waals surface area contributed by atoms with E-state index >= 15 is 0 Å². The summed E-state index contributed by atoms with van der Waals surface area (Å²) in [6.45, 7) is 13.4. The Hall–Kier alpha value is -2.81. The monoisotopic (exact) mass is 389 g/mol. The lowest BCUT2D eigenvalue weighted by Crippen LogP contribution is -2.22. The van der Waals surface area contributed by atoms with Gasteiger partial charge in [0, 0.05) is 13.0 Å². The third-order valence-corrected chi connectivity index (χ3v) is 5.49. The summed E-state index contributed by atoms with van der Waals surface area (Å²) in [4.78, 5) is 12.5. The molecule has 3 aromatic rings. The van der Waals surface area contributed by atoms with E-state index in [4.69, 9.17) is 4.42 Å². The Morgan fingerprint density at radius 1 is 0.897 bits per heavy atom. The molecule has 1 aromatic heterocycles. The van der Waals surface area contributed by atoms with Gasteiger partial charge in [-0.2, -0.15) is 0 Å². The Morgan fingerprint density at radius 2 is 1.62 bits per heavy atom. The molecule has 0 aliphatic rings. The minimum atomic E-state index is -0.186. The molecule has 152 valence electrons. The molecular weight excluding hydrogens is 358 g/mol. The Kier molecular flexibility index (Phi) is 5.97. The van der Waals surface area contributed by atoms with Crippen LogP contribution in [-0.2, 0) is 18.4 Å². The molecule has 1 amide bonds. The first-order valence-electron chi connectivity index (χ1n) is 10.2. The third-order valence-electron chi connectivity index (χ3n) is 5.49. The molecule has 3 heteroatoms. The molecule has 0 spiro atoms. The van der Waals surface area contributed by atoms with Crippen molar-refractivity contribution in [1.29, 1.82) is 0 Å². The van der Waals surface area contributed by atoms with Crippen LogP contribution in [0.3, 0.4) is 0 Å². The van der Waals surface area contributed by atoms with Gasteiger partial charge >= 0.3 is 0 Å². The normalized spacial score (nSPS) is 11.5. The molecule has 0 aliphatic heterocycles. The highest BCUT2D eigenvalue weighted by atomic mass is 16.3. The van der Waals surface area contributed by atoms with Crippen LogP contribution in [0.1, 0.15) is 70.5 Å². The molecule has 0 bridgehead atoms. The Labute approximate surface area is 174 Å². The van der Waals surface area contributed by atoms with Gasteiger partial charge in [-0.1, -0.05) is 57.2 Å². The maximum absolute atomic E-state index is 12.5. The van der Waals surface area contributed by atoms with Gasteiger partial charge < -0.3 is 9.73 Å². The number of benzene rings is 2. The highest BCUT2D eigenvalue weighted by Gasteiger charge is 2.16. The fraction of sp³-hybridized carbons (Fsp3) is 0.346. The third kappa shape index (κ3) is 5.17. The molecule has 3 rings (SSSR count). The van der Waals surface area contributed by atoms with Crippen LogP contribution in [0, 0.1) is 20.8 Å². The van der Waals surface area contributed by atoms with Crippen molar-refractivity contribution >= 4 is 5.91 Å². The maximum Gasteiger partial charge on any atom is 0.287 e. The number of aryl methyl sites for hydroxylation is 3. The fourth-order valence-electron chi connectivity index (χ4n) is 3.29. The van der Waals surface area contributed by atoms with Crippen LogP contribution in [-0.4, -0.2) is 5.91 Å². The second-order valence-electron chi connectivity index (χ2n) is 8.94. The summed E-state index contributed by atoms with van der Waals surface area (Å²) in [6, 6.07) is 16.5. The van der Waals surface area contributed by atoms with E-state index in [9.17, 15) is 4.79 Å². The Morgan fingerprint density at radius 3 is 2.31 bits per heavy atom. The van der Waals surface area contributed by atoms with E-state index in [1.807, 2.05) is 12.1 Å². The van der Waals surface area contributed by atoms with Gasteiger partial charge in [0.2, 0.25) is 0 Å². The number of furan rings is 1. The molecule has 1 heterocycles. The van der Waals surface area contributed by atoms with Crippen molar-refractivity contribution in [2.45, 2.75) is 59.9 Å². The lowest BCUT2D eigenvalue weighted by atomic mass is 9.85. The van der Waals surface area contributed by atoms with Crippen molar-refractivity contribution in [3.05, 3.63) is 93.4 Å². The van der Waals surface area contributed by atoms with E-state index in [1.165, 1.54) is 27.8 Å². The predicted molar refractivity (Wildman–Crippen MR) is 118 cm³/mol. The van der Waals surface area contributed by atoms with Gasteiger partial charge in [0.1, 0.15) is 5.76 Å². The average molecular weight is 390 g/mol. The quantitative estimate of drug-likeness (QED) is 0.579. The molecule has 0 fully saturated rings. The molecule has 29 heavy (non-hydrogen) atoms. The summed E-state index contributed by atoms with van der Waals surface area (Å²) in [5, 5.41) is 2.95. The van der Waals surface area contributed by atoms with Crippen molar-refractivity contribution in [2.75, 3.05) is 0 Å². The molecule has 0 saturated carbocycles. The highest BCUT2D eigenvalue weighted by molar-refractivity contribution is 5.91. The number of carbonyl (C=O) groups is 1. The molecule has 0 saturated heterocycles. The van der Waals surface area contributed by atoms with Crippen LogP contribution in [0.15, 0.2) is 52.9 Å². The predicted octanol–water partition coefficient (Wildman–Crippen LogP) is 6.02. The number of hydrogen-bond donors (Lipinski definition) is 1. The largest absolute Gasteiger partial charge is 0.456 e. The van der Waals surface area contributed by atoms with Crippen LogP contribution in [0.25, 0.3) is 0 Å². The molecule has 0 radical (unpaired) electrons. The number of carbonyl (C=O) groups excluding carboxylic acids is 1. The van der Waals surface area contributed by atoms with Crippen molar-refractivity contribution in [3.8, 4) is 0 Å². The Bertz CT molecular complexity index is 1020. The van der Waals surface area contributed by atoms with E-state index in [2.05, 4.69) is 77.2 Å². The second-order valence-corrected chi connectivity index (χ2v) is 8.94. The summed E-state index contributed by atoms with van der Waals surface area (Å²) in [5.74, 6) is 0.971. The SMILES string of the molecule is Cc1ccc(CNC(=O)c2ccc(Cc3cc(C(C)(C)C)ccc3C)o2)cc1C. The van der Waals surface area contributed by atoms with E-state index < -0.39 is 0 Å². The van der Waals surface area contributed by atoms with Gasteiger partial charge in [-0.15, -0.1) is 0 Å². The van der Waals surface area contributed by atoms with Crippen LogP contribution in [0.5, 0.6) is 0 Å². The lowest BCUT2D eigenvalue weighted by Gasteiger charge is -2.20. The molecule has 3 nitrogen and oxygen atoms in total.